The van der Waals surface area contributed by atoms with Crippen molar-refractivity contribution in [1.29, 1.82) is 5.26 Å². The highest BCUT2D eigenvalue weighted by atomic mass is 31.2. The van der Waals surface area contributed by atoms with Crippen LogP contribution in [0.5, 0.6) is 11.5 Å². The quantitative estimate of drug-likeness (QED) is 0.0452. The van der Waals surface area contributed by atoms with Crippen LogP contribution in [-0.4, -0.2) is 90.2 Å². The highest BCUT2D eigenvalue weighted by Crippen LogP contribution is 2.48. The van der Waals surface area contributed by atoms with Crippen LogP contribution in [0.25, 0.3) is 0 Å². The second kappa shape index (κ2) is 20.6. The van der Waals surface area contributed by atoms with Crippen molar-refractivity contribution < 1.29 is 41.7 Å². The van der Waals surface area contributed by atoms with Gasteiger partial charge in [0, 0.05) is 24.2 Å². The molecule has 7 atom stereocenters. The number of nitrogens with zero attached hydrogens (tertiary/aromatic N) is 2. The van der Waals surface area contributed by atoms with Gasteiger partial charge in [0.05, 0.1) is 58.7 Å². The Labute approximate surface area is 367 Å². The molecule has 2 fully saturated rings. The molecule has 6 rings (SSSR count). The molecule has 0 spiro atoms. The molecular formula is C45H59BN3O11PSi. The second-order valence-corrected chi connectivity index (χ2v) is 23.1. The number of aromatic amines is 1. The molecule has 4 aromatic rings. The lowest BCUT2D eigenvalue weighted by Gasteiger charge is -2.39. The number of methoxy groups -OCH3 is 2. The Kier molecular flexibility index (Phi) is 15.7. The number of hydrogen-bond acceptors (Lipinski definition) is 12. The topological polar surface area (TPSA) is 162 Å². The summed E-state index contributed by atoms with van der Waals surface area (Å²) in [5.41, 5.74) is 0.968. The number of benzene rings is 3. The number of H-pyrrole nitrogens is 1. The van der Waals surface area contributed by atoms with Gasteiger partial charge in [-0.2, -0.15) is 5.26 Å². The van der Waals surface area contributed by atoms with Gasteiger partial charge in [-0.3, -0.25) is 14.3 Å². The van der Waals surface area contributed by atoms with Crippen LogP contribution < -0.4 is 20.7 Å². The highest BCUT2D eigenvalue weighted by molar-refractivity contribution is 7.41. The van der Waals surface area contributed by atoms with E-state index in [1.165, 1.54) is 10.8 Å². The first-order valence-electron chi connectivity index (χ1n) is 21.0. The molecule has 2 saturated heterocycles. The van der Waals surface area contributed by atoms with Crippen molar-refractivity contribution >= 4 is 24.8 Å². The fourth-order valence-corrected chi connectivity index (χ4v) is 9.98. The minimum atomic E-state index is -2.33. The van der Waals surface area contributed by atoms with Crippen LogP contribution in [0.4, 0.5) is 0 Å². The molecule has 0 bridgehead atoms. The van der Waals surface area contributed by atoms with Gasteiger partial charge >= 0.3 is 14.3 Å². The van der Waals surface area contributed by atoms with Crippen molar-refractivity contribution in [2.45, 2.75) is 107 Å². The molecule has 2 aliphatic rings. The van der Waals surface area contributed by atoms with Crippen molar-refractivity contribution in [1.82, 2.24) is 9.55 Å². The standard InChI is InChI=1S/C45H59BN3O11PSi/c1-30-27-49(43(51)48-42(30)50)41-26-37(60-62(7,8)44(2,3)4)39(58-41)29-56-61(55-24-12-23-47)59-36-25-40(46)57-38(36)28-54-45(31-13-10-9-11-14-31,32-15-19-34(52-5)20-16-32)33-17-21-35(53-6)22-18-33/h9-11,13-22,27,36-41H,12,24-26,28-29,46H2,1-8H3,(H,48,50,51)/t36-,37-,38-,39-,40-,41-,61?/m1/s1. The van der Waals surface area contributed by atoms with E-state index in [0.717, 1.165) is 16.7 Å². The molecule has 332 valence electrons. The van der Waals surface area contributed by atoms with Gasteiger partial charge in [-0.05, 0) is 72.4 Å². The molecule has 62 heavy (non-hydrogen) atoms. The molecule has 17 heteroatoms. The molecule has 2 aliphatic heterocycles. The molecule has 1 unspecified atom stereocenters. The van der Waals surface area contributed by atoms with Crippen LogP contribution >= 0.6 is 8.60 Å². The second-order valence-electron chi connectivity index (χ2n) is 17.2. The van der Waals surface area contributed by atoms with Crippen LogP contribution in [0.1, 0.15) is 68.5 Å². The Bertz CT molecular complexity index is 2180. The molecule has 14 nitrogen and oxygen atoms in total. The SMILES string of the molecule is B[C@H]1C[C@@H](OP(OCCC#N)OC[C@H]2O[C@@H](n3cc(C)c(=O)[nH]c3=O)C[C@H]2O[Si](C)(C)C(C)(C)C)[C@@H](COC(c2ccccc2)(c2ccc(OC)cc2)c2ccc(OC)cc2)O1. The fourth-order valence-electron chi connectivity index (χ4n) is 7.47. The van der Waals surface area contributed by atoms with Gasteiger partial charge in [-0.15, -0.1) is 0 Å². The Balaban J connectivity index is 1.26. The number of nitrogens with one attached hydrogen (secondary N) is 1. The maximum Gasteiger partial charge on any atom is 0.333 e. The summed E-state index contributed by atoms with van der Waals surface area (Å²) >= 11 is 0. The van der Waals surface area contributed by atoms with Gasteiger partial charge in [0.15, 0.2) is 8.32 Å². The molecule has 0 amide bonds. The summed E-state index contributed by atoms with van der Waals surface area (Å²) in [6, 6.07) is 27.7. The van der Waals surface area contributed by atoms with Crippen molar-refractivity contribution in [3.63, 3.8) is 0 Å². The molecule has 3 aromatic carbocycles. The average molecular weight is 888 g/mol. The number of aromatic nitrogens is 2. The third-order valence-electron chi connectivity index (χ3n) is 11.9. The van der Waals surface area contributed by atoms with Crippen molar-refractivity contribution in [2.24, 2.45) is 0 Å². The van der Waals surface area contributed by atoms with E-state index < -0.39 is 64.4 Å². The minimum absolute atomic E-state index is 0.0154. The van der Waals surface area contributed by atoms with Crippen molar-refractivity contribution in [3.05, 3.63) is 128 Å². The number of nitriles is 1. The van der Waals surface area contributed by atoms with Crippen LogP contribution in [0, 0.1) is 18.3 Å². The van der Waals surface area contributed by atoms with Gasteiger partial charge in [0.25, 0.3) is 5.56 Å². The lowest BCUT2D eigenvalue weighted by molar-refractivity contribution is -0.0744. The average Bonchev–Trinajstić information content (AvgIpc) is 3.82. The van der Waals surface area contributed by atoms with Gasteiger partial charge in [-0.25, -0.2) is 4.79 Å². The molecule has 1 N–H and O–H groups in total. The lowest BCUT2D eigenvalue weighted by atomic mass is 9.80. The van der Waals surface area contributed by atoms with Crippen molar-refractivity contribution in [3.8, 4) is 17.6 Å². The summed E-state index contributed by atoms with van der Waals surface area (Å²) in [5.74, 6) is 1.43. The maximum absolute atomic E-state index is 13.0. The van der Waals surface area contributed by atoms with Gasteiger partial charge in [0.2, 0.25) is 0 Å². The fraction of sp³-hybridized carbons (Fsp3) is 0.489. The lowest BCUT2D eigenvalue weighted by Crippen LogP contribution is -2.46. The molecular weight excluding hydrogens is 828 g/mol. The molecule has 0 aliphatic carbocycles. The minimum Gasteiger partial charge on any atom is -0.497 e. The number of hydrogen-bond donors (Lipinski definition) is 1. The van der Waals surface area contributed by atoms with E-state index in [4.69, 9.17) is 41.7 Å². The van der Waals surface area contributed by atoms with Gasteiger partial charge in [-0.1, -0.05) is 75.4 Å². The summed E-state index contributed by atoms with van der Waals surface area (Å²) in [6.07, 6.45) is -0.250. The smallest absolute Gasteiger partial charge is 0.333 e. The predicted octanol–water partition coefficient (Wildman–Crippen LogP) is 6.86. The summed E-state index contributed by atoms with van der Waals surface area (Å²) in [5, 5.41) is 9.29. The summed E-state index contributed by atoms with van der Waals surface area (Å²) < 4.78 is 58.8. The van der Waals surface area contributed by atoms with E-state index in [1.807, 2.05) is 86.7 Å². The van der Waals surface area contributed by atoms with Gasteiger partial charge in [0.1, 0.15) is 43.4 Å². The van der Waals surface area contributed by atoms with E-state index in [2.05, 4.69) is 44.9 Å². The third kappa shape index (κ3) is 11.0. The Hall–Kier alpha value is -4.14. The van der Waals surface area contributed by atoms with E-state index in [-0.39, 0.29) is 37.3 Å². The first-order valence-corrected chi connectivity index (χ1v) is 25.0. The van der Waals surface area contributed by atoms with Crippen LogP contribution in [0.2, 0.25) is 18.1 Å². The number of ether oxygens (including phenoxy) is 5. The summed E-state index contributed by atoms with van der Waals surface area (Å²) in [4.78, 5) is 27.6. The molecule has 0 saturated carbocycles. The third-order valence-corrected chi connectivity index (χ3v) is 17.6. The first-order chi connectivity index (χ1) is 29.6. The molecule has 0 radical (unpaired) electrons. The van der Waals surface area contributed by atoms with Crippen molar-refractivity contribution in [2.75, 3.05) is 34.0 Å². The predicted molar refractivity (Wildman–Crippen MR) is 241 cm³/mol. The van der Waals surface area contributed by atoms with Gasteiger partial charge < -0.3 is 41.7 Å². The van der Waals surface area contributed by atoms with Crippen LogP contribution in [0.15, 0.2) is 94.6 Å². The normalized spacial score (nSPS) is 22.3. The van der Waals surface area contributed by atoms with Crippen LogP contribution in [0.3, 0.4) is 0 Å². The molecule has 3 heterocycles. The van der Waals surface area contributed by atoms with Crippen LogP contribution in [-0.2, 0) is 37.8 Å². The van der Waals surface area contributed by atoms with E-state index >= 15 is 0 Å². The zero-order valence-electron chi connectivity index (χ0n) is 37.1. The Morgan fingerprint density at radius 1 is 0.855 bits per heavy atom. The monoisotopic (exact) mass is 887 g/mol. The van der Waals surface area contributed by atoms with E-state index in [9.17, 15) is 14.9 Å². The number of rotatable bonds is 19. The zero-order chi connectivity index (χ0) is 44.7. The first kappa shape index (κ1) is 47.3. The maximum atomic E-state index is 13.0. The Morgan fingerprint density at radius 2 is 1.45 bits per heavy atom. The Morgan fingerprint density at radius 3 is 2.03 bits per heavy atom. The highest BCUT2D eigenvalue weighted by Gasteiger charge is 2.47. The summed E-state index contributed by atoms with van der Waals surface area (Å²) in [6.45, 7) is 12.7. The zero-order valence-corrected chi connectivity index (χ0v) is 39.0. The summed E-state index contributed by atoms with van der Waals surface area (Å²) in [7, 11) is 0.893. The molecule has 1 aromatic heterocycles. The number of aryl methyl sites for hydroxylation is 1. The van der Waals surface area contributed by atoms with E-state index in [1.54, 1.807) is 21.1 Å². The van der Waals surface area contributed by atoms with E-state index in [0.29, 0.717) is 29.9 Å². The largest absolute Gasteiger partial charge is 0.497 e.